The van der Waals surface area contributed by atoms with Gasteiger partial charge in [-0.25, -0.2) is 0 Å². The first-order valence-corrected chi connectivity index (χ1v) is 5.70. The van der Waals surface area contributed by atoms with Crippen molar-refractivity contribution in [3.05, 3.63) is 30.7 Å². The number of hydrogen-bond acceptors (Lipinski definition) is 0. The van der Waals surface area contributed by atoms with E-state index in [1.165, 1.54) is 24.8 Å². The Balaban J connectivity index is 3.65. The van der Waals surface area contributed by atoms with Gasteiger partial charge in [0.1, 0.15) is 0 Å². The molecule has 0 nitrogen and oxygen atoms in total. The van der Waals surface area contributed by atoms with Crippen LogP contribution < -0.4 is 0 Å². The number of allylic oxidation sites excluding steroid dienone is 4. The summed E-state index contributed by atoms with van der Waals surface area (Å²) >= 11 is 0. The van der Waals surface area contributed by atoms with Gasteiger partial charge < -0.3 is 0 Å². The Bertz CT molecular complexity index is 184. The summed E-state index contributed by atoms with van der Waals surface area (Å²) in [6, 6.07) is 0. The van der Waals surface area contributed by atoms with Crippen LogP contribution in [-0.4, -0.2) is 0 Å². The van der Waals surface area contributed by atoms with Crippen LogP contribution in [0.15, 0.2) is 23.8 Å². The molecule has 0 aliphatic rings. The summed E-state index contributed by atoms with van der Waals surface area (Å²) in [7, 11) is 0. The third-order valence-corrected chi connectivity index (χ3v) is 2.45. The Labute approximate surface area is 90.1 Å². The minimum Gasteiger partial charge on any atom is -0.0814 e. The second kappa shape index (κ2) is 7.84. The van der Waals surface area contributed by atoms with E-state index in [0.717, 1.165) is 5.92 Å². The fourth-order valence-electron chi connectivity index (χ4n) is 1.33. The van der Waals surface area contributed by atoms with Crippen LogP contribution in [-0.2, 0) is 0 Å². The average molecular weight is 193 g/mol. The predicted octanol–water partition coefficient (Wildman–Crippen LogP) is 4.79. The maximum absolute atomic E-state index is 3.74. The molecular weight excluding hydrogens is 168 g/mol. The Hall–Kier alpha value is -0.520. The SMILES string of the molecule is [CH2]/C=C(C)/C=C/C(C)CCCC(C)C. The molecule has 0 saturated carbocycles. The van der Waals surface area contributed by atoms with E-state index in [2.05, 4.69) is 46.8 Å². The molecule has 0 aromatic carbocycles. The first-order chi connectivity index (χ1) is 6.56. The zero-order valence-corrected chi connectivity index (χ0v) is 10.2. The lowest BCUT2D eigenvalue weighted by Crippen LogP contribution is -1.93. The zero-order chi connectivity index (χ0) is 11.0. The van der Waals surface area contributed by atoms with E-state index in [9.17, 15) is 0 Å². The van der Waals surface area contributed by atoms with Crippen LogP contribution in [0.25, 0.3) is 0 Å². The van der Waals surface area contributed by atoms with Gasteiger partial charge in [0.25, 0.3) is 0 Å². The van der Waals surface area contributed by atoms with Crippen LogP contribution in [0.4, 0.5) is 0 Å². The summed E-state index contributed by atoms with van der Waals surface area (Å²) < 4.78 is 0. The molecule has 0 saturated heterocycles. The summed E-state index contributed by atoms with van der Waals surface area (Å²) in [6.45, 7) is 12.7. The van der Waals surface area contributed by atoms with E-state index in [4.69, 9.17) is 0 Å². The van der Waals surface area contributed by atoms with Crippen LogP contribution >= 0.6 is 0 Å². The van der Waals surface area contributed by atoms with Crippen LogP contribution in [0.5, 0.6) is 0 Å². The fourth-order valence-corrected chi connectivity index (χ4v) is 1.33. The maximum atomic E-state index is 3.74. The Morgan fingerprint density at radius 1 is 1.21 bits per heavy atom. The lowest BCUT2D eigenvalue weighted by Gasteiger charge is -2.07. The molecule has 0 rings (SSSR count). The second-order valence-electron chi connectivity index (χ2n) is 4.61. The standard InChI is InChI=1S/C14H25/c1-6-13(4)10-11-14(5)9-7-8-12(2)3/h6,10-12,14H,1,7-9H2,2-5H3/b11-10+,13-6+. The molecule has 1 unspecified atom stereocenters. The van der Waals surface area contributed by atoms with Crippen molar-refractivity contribution >= 4 is 0 Å². The molecule has 14 heavy (non-hydrogen) atoms. The third-order valence-electron chi connectivity index (χ3n) is 2.45. The molecule has 0 amide bonds. The van der Waals surface area contributed by atoms with Gasteiger partial charge in [-0.3, -0.25) is 0 Å². The lowest BCUT2D eigenvalue weighted by molar-refractivity contribution is 0.501. The fraction of sp³-hybridized carbons (Fsp3) is 0.643. The molecule has 81 valence electrons. The van der Waals surface area contributed by atoms with Gasteiger partial charge >= 0.3 is 0 Å². The zero-order valence-electron chi connectivity index (χ0n) is 10.2. The number of hydrogen-bond donors (Lipinski definition) is 0. The molecular formula is C14H25. The summed E-state index contributed by atoms with van der Waals surface area (Å²) in [6.07, 6.45) is 10.4. The first-order valence-electron chi connectivity index (χ1n) is 5.70. The largest absolute Gasteiger partial charge is 0.0814 e. The highest BCUT2D eigenvalue weighted by molar-refractivity contribution is 5.17. The molecule has 0 aliphatic carbocycles. The molecule has 0 spiro atoms. The summed E-state index contributed by atoms with van der Waals surface area (Å²) in [4.78, 5) is 0. The van der Waals surface area contributed by atoms with E-state index >= 15 is 0 Å². The molecule has 0 bridgehead atoms. The van der Waals surface area contributed by atoms with Crippen LogP contribution in [0, 0.1) is 18.8 Å². The Morgan fingerprint density at radius 2 is 1.86 bits per heavy atom. The lowest BCUT2D eigenvalue weighted by atomic mass is 9.99. The number of rotatable bonds is 6. The van der Waals surface area contributed by atoms with Gasteiger partial charge in [-0.1, -0.05) is 57.4 Å². The monoisotopic (exact) mass is 193 g/mol. The van der Waals surface area contributed by atoms with E-state index < -0.39 is 0 Å². The minimum atomic E-state index is 0.698. The van der Waals surface area contributed by atoms with Gasteiger partial charge in [0.2, 0.25) is 0 Å². The average Bonchev–Trinajstić information content (AvgIpc) is 2.13. The summed E-state index contributed by atoms with van der Waals surface area (Å²) in [5.74, 6) is 1.54. The third kappa shape index (κ3) is 8.10. The van der Waals surface area contributed by atoms with Gasteiger partial charge in [0.05, 0.1) is 0 Å². The minimum absolute atomic E-state index is 0.698. The molecule has 0 aromatic heterocycles. The smallest absolute Gasteiger partial charge is 0.0259 e. The van der Waals surface area contributed by atoms with Gasteiger partial charge in [-0.05, 0) is 32.1 Å². The molecule has 0 heteroatoms. The molecule has 0 fully saturated rings. The first kappa shape index (κ1) is 13.5. The van der Waals surface area contributed by atoms with E-state index in [-0.39, 0.29) is 0 Å². The maximum Gasteiger partial charge on any atom is -0.0259 e. The van der Waals surface area contributed by atoms with Gasteiger partial charge in [0.15, 0.2) is 0 Å². The van der Waals surface area contributed by atoms with Crippen LogP contribution in [0.3, 0.4) is 0 Å². The van der Waals surface area contributed by atoms with E-state index in [1.54, 1.807) is 0 Å². The summed E-state index contributed by atoms with van der Waals surface area (Å²) in [5, 5.41) is 0. The van der Waals surface area contributed by atoms with Crippen molar-refractivity contribution in [2.45, 2.75) is 47.0 Å². The molecule has 1 radical (unpaired) electrons. The van der Waals surface area contributed by atoms with Crippen LogP contribution in [0.2, 0.25) is 0 Å². The highest BCUT2D eigenvalue weighted by atomic mass is 14.0. The van der Waals surface area contributed by atoms with Crippen molar-refractivity contribution in [3.8, 4) is 0 Å². The van der Waals surface area contributed by atoms with Gasteiger partial charge in [0, 0.05) is 0 Å². The van der Waals surface area contributed by atoms with E-state index in [0.29, 0.717) is 5.92 Å². The van der Waals surface area contributed by atoms with Crippen molar-refractivity contribution in [1.29, 1.82) is 0 Å². The van der Waals surface area contributed by atoms with Crippen molar-refractivity contribution in [2.24, 2.45) is 11.8 Å². The van der Waals surface area contributed by atoms with Crippen molar-refractivity contribution < 1.29 is 0 Å². The molecule has 0 aliphatic heterocycles. The molecule has 0 heterocycles. The normalized spacial score (nSPS) is 15.4. The van der Waals surface area contributed by atoms with Gasteiger partial charge in [-0.2, -0.15) is 0 Å². The molecule has 0 N–H and O–H groups in total. The Kier molecular flexibility index (Phi) is 7.55. The van der Waals surface area contributed by atoms with Crippen molar-refractivity contribution in [1.82, 2.24) is 0 Å². The summed E-state index contributed by atoms with van der Waals surface area (Å²) in [5.41, 5.74) is 1.25. The van der Waals surface area contributed by atoms with Gasteiger partial charge in [-0.15, -0.1) is 0 Å². The van der Waals surface area contributed by atoms with Crippen molar-refractivity contribution in [3.63, 3.8) is 0 Å². The highest BCUT2D eigenvalue weighted by Crippen LogP contribution is 2.13. The highest BCUT2D eigenvalue weighted by Gasteiger charge is 1.98. The second-order valence-corrected chi connectivity index (χ2v) is 4.61. The van der Waals surface area contributed by atoms with E-state index in [1.807, 2.05) is 6.08 Å². The Morgan fingerprint density at radius 3 is 2.36 bits per heavy atom. The predicted molar refractivity (Wildman–Crippen MR) is 66.1 cm³/mol. The molecule has 1 atom stereocenters. The van der Waals surface area contributed by atoms with Crippen molar-refractivity contribution in [2.75, 3.05) is 0 Å². The topological polar surface area (TPSA) is 0 Å². The molecule has 0 aromatic rings. The quantitative estimate of drug-likeness (QED) is 0.532. The van der Waals surface area contributed by atoms with Crippen LogP contribution in [0.1, 0.15) is 47.0 Å².